The number of halogens is 4. The molecule has 0 bridgehead atoms. The lowest BCUT2D eigenvalue weighted by atomic mass is 9.88. The van der Waals surface area contributed by atoms with E-state index >= 15 is 0 Å². The van der Waals surface area contributed by atoms with Gasteiger partial charge in [0.1, 0.15) is 6.04 Å². The molecular formula is C32H38ClF3N6O3. The van der Waals surface area contributed by atoms with Crippen LogP contribution in [0.5, 0.6) is 0 Å². The van der Waals surface area contributed by atoms with E-state index in [0.29, 0.717) is 11.6 Å². The molecule has 2 aliphatic rings. The highest BCUT2D eigenvalue weighted by atomic mass is 35.5. The molecule has 242 valence electrons. The molecule has 0 radical (unpaired) electrons. The molecule has 2 aliphatic heterocycles. The second kappa shape index (κ2) is 13.3. The summed E-state index contributed by atoms with van der Waals surface area (Å²) in [6.07, 6.45) is -2.22. The van der Waals surface area contributed by atoms with Crippen LogP contribution in [0.4, 0.5) is 23.7 Å². The average Bonchev–Trinajstić information content (AvgIpc) is 3.26. The van der Waals surface area contributed by atoms with Crippen molar-refractivity contribution in [2.75, 3.05) is 58.3 Å². The highest BCUT2D eigenvalue weighted by molar-refractivity contribution is 6.30. The number of alkyl halides is 3. The Bertz CT molecular complexity index is 1560. The minimum atomic E-state index is -4.98. The summed E-state index contributed by atoms with van der Waals surface area (Å²) in [5, 5.41) is 4.45. The van der Waals surface area contributed by atoms with Crippen molar-refractivity contribution in [2.45, 2.75) is 37.9 Å². The number of H-pyrrole nitrogens is 1. The van der Waals surface area contributed by atoms with Gasteiger partial charge in [-0.15, -0.1) is 0 Å². The minimum Gasteiger partial charge on any atom is -0.361 e. The van der Waals surface area contributed by atoms with Crippen LogP contribution in [0, 0.1) is 5.92 Å². The Balaban J connectivity index is 1.45. The van der Waals surface area contributed by atoms with Crippen molar-refractivity contribution in [2.24, 2.45) is 5.92 Å². The first kappa shape index (κ1) is 32.6. The number of anilines is 1. The number of hydrogen-bond donors (Lipinski definition) is 2. The zero-order valence-electron chi connectivity index (χ0n) is 25.5. The lowest BCUT2D eigenvalue weighted by Crippen LogP contribution is -2.56. The molecule has 13 heteroatoms. The number of nitrogens with zero attached hydrogens (tertiary/aromatic N) is 4. The van der Waals surface area contributed by atoms with Crippen molar-refractivity contribution in [3.63, 3.8) is 0 Å². The number of fused-ring (bicyclic) bond motifs is 2. The molecule has 0 aliphatic carbocycles. The molecule has 2 N–H and O–H groups in total. The SMILES string of the molecule is C[C@H](c1c[nH]c2ccccc12)[C@@H](NC(=O)N1CCCN(C(=O)C(F)(F)F)CC1)C(=O)N1C[C@@H](CN(C)C)Cc2cc(Cl)ccc21. The van der Waals surface area contributed by atoms with Crippen molar-refractivity contribution < 1.29 is 27.6 Å². The monoisotopic (exact) mass is 646 g/mol. The van der Waals surface area contributed by atoms with Gasteiger partial charge in [0.25, 0.3) is 0 Å². The summed E-state index contributed by atoms with van der Waals surface area (Å²) in [5.41, 5.74) is 3.42. The molecular weight excluding hydrogens is 609 g/mol. The first-order valence-corrected chi connectivity index (χ1v) is 15.4. The fourth-order valence-electron chi connectivity index (χ4n) is 6.51. The average molecular weight is 647 g/mol. The van der Waals surface area contributed by atoms with Gasteiger partial charge in [-0.25, -0.2) is 4.79 Å². The van der Waals surface area contributed by atoms with Gasteiger partial charge in [-0.3, -0.25) is 9.59 Å². The molecule has 45 heavy (non-hydrogen) atoms. The van der Waals surface area contributed by atoms with Crippen molar-refractivity contribution in [1.82, 2.24) is 25.0 Å². The first-order chi connectivity index (χ1) is 21.3. The molecule has 1 aromatic heterocycles. The smallest absolute Gasteiger partial charge is 0.361 e. The maximum Gasteiger partial charge on any atom is 0.471 e. The fourth-order valence-corrected chi connectivity index (χ4v) is 6.70. The van der Waals surface area contributed by atoms with Crippen LogP contribution in [0.25, 0.3) is 10.9 Å². The predicted octanol–water partition coefficient (Wildman–Crippen LogP) is 4.87. The largest absolute Gasteiger partial charge is 0.471 e. The Hall–Kier alpha value is -3.77. The summed E-state index contributed by atoms with van der Waals surface area (Å²) >= 11 is 6.35. The Labute approximate surface area is 265 Å². The molecule has 2 aromatic carbocycles. The molecule has 3 atom stereocenters. The van der Waals surface area contributed by atoms with Crippen LogP contribution < -0.4 is 10.2 Å². The predicted molar refractivity (Wildman–Crippen MR) is 167 cm³/mol. The molecule has 5 rings (SSSR count). The Morgan fingerprint density at radius 1 is 1.07 bits per heavy atom. The zero-order valence-corrected chi connectivity index (χ0v) is 26.3. The summed E-state index contributed by atoms with van der Waals surface area (Å²) in [6.45, 7) is 2.75. The molecule has 0 saturated carbocycles. The third-order valence-electron chi connectivity index (χ3n) is 8.64. The number of hydrogen-bond acceptors (Lipinski definition) is 4. The van der Waals surface area contributed by atoms with Gasteiger partial charge in [0, 0.05) is 73.0 Å². The number of para-hydroxylation sites is 1. The number of amides is 4. The second-order valence-electron chi connectivity index (χ2n) is 12.2. The van der Waals surface area contributed by atoms with E-state index in [-0.39, 0.29) is 44.4 Å². The van der Waals surface area contributed by atoms with Crippen LogP contribution in [-0.2, 0) is 16.0 Å². The molecule has 1 saturated heterocycles. The molecule has 0 spiro atoms. The fraction of sp³-hybridized carbons (Fsp3) is 0.469. The second-order valence-corrected chi connectivity index (χ2v) is 12.6. The number of urea groups is 1. The molecule has 9 nitrogen and oxygen atoms in total. The molecule has 0 unspecified atom stereocenters. The highest BCUT2D eigenvalue weighted by Gasteiger charge is 2.43. The van der Waals surface area contributed by atoms with Gasteiger partial charge in [0.2, 0.25) is 5.91 Å². The van der Waals surface area contributed by atoms with E-state index in [1.54, 1.807) is 11.0 Å². The van der Waals surface area contributed by atoms with Crippen LogP contribution in [0.3, 0.4) is 0 Å². The number of aromatic amines is 1. The van der Waals surface area contributed by atoms with E-state index in [4.69, 9.17) is 11.6 Å². The lowest BCUT2D eigenvalue weighted by Gasteiger charge is -2.39. The summed E-state index contributed by atoms with van der Waals surface area (Å²) < 4.78 is 39.2. The van der Waals surface area contributed by atoms with Gasteiger partial charge in [0.05, 0.1) is 0 Å². The standard InChI is InChI=1S/C32H38ClF3N6O3/c1-20(25-17-37-26-8-5-4-7-24(25)26)28(38-31(45)41-12-6-11-40(13-14-41)30(44)32(34,35)36)29(43)42-19-21(18-39(2)3)15-22-16-23(33)9-10-27(22)42/h4-5,7-10,16-17,20-21,28,37H,6,11-15,18-19H2,1-3H3,(H,38,45)/t20-,21-,28-/m1/s1. The number of aromatic nitrogens is 1. The van der Waals surface area contributed by atoms with E-state index in [1.807, 2.05) is 63.6 Å². The zero-order chi connectivity index (χ0) is 32.5. The maximum atomic E-state index is 14.6. The van der Waals surface area contributed by atoms with E-state index in [1.165, 1.54) is 4.90 Å². The number of rotatable bonds is 6. The minimum absolute atomic E-state index is 0.0913. The van der Waals surface area contributed by atoms with Gasteiger partial charge in [-0.1, -0.05) is 36.7 Å². The van der Waals surface area contributed by atoms with E-state index in [0.717, 1.165) is 45.6 Å². The summed E-state index contributed by atoms with van der Waals surface area (Å²) in [7, 11) is 3.96. The van der Waals surface area contributed by atoms with Crippen LogP contribution in [0.15, 0.2) is 48.7 Å². The summed E-state index contributed by atoms with van der Waals surface area (Å²) in [5.74, 6) is -2.56. The first-order valence-electron chi connectivity index (χ1n) is 15.1. The van der Waals surface area contributed by atoms with Gasteiger partial charge >= 0.3 is 18.1 Å². The molecule has 1 fully saturated rings. The normalized spacial score (nSPS) is 18.8. The van der Waals surface area contributed by atoms with Crippen molar-refractivity contribution in [1.29, 1.82) is 0 Å². The number of benzene rings is 2. The quantitative estimate of drug-likeness (QED) is 0.400. The number of carbonyl (C=O) groups is 3. The van der Waals surface area contributed by atoms with E-state index in [2.05, 4.69) is 15.2 Å². The highest BCUT2D eigenvalue weighted by Crippen LogP contribution is 2.35. The van der Waals surface area contributed by atoms with Gasteiger partial charge < -0.3 is 29.9 Å². The Morgan fingerprint density at radius 3 is 2.51 bits per heavy atom. The van der Waals surface area contributed by atoms with Crippen molar-refractivity contribution in [3.8, 4) is 0 Å². The van der Waals surface area contributed by atoms with E-state index < -0.39 is 30.1 Å². The summed E-state index contributed by atoms with van der Waals surface area (Å²) in [6, 6.07) is 11.6. The van der Waals surface area contributed by atoms with Crippen LogP contribution in [-0.4, -0.2) is 103 Å². The molecule has 3 heterocycles. The van der Waals surface area contributed by atoms with Crippen LogP contribution in [0.2, 0.25) is 5.02 Å². The lowest BCUT2D eigenvalue weighted by molar-refractivity contribution is -0.185. The Morgan fingerprint density at radius 2 is 1.78 bits per heavy atom. The third kappa shape index (κ3) is 7.22. The Kier molecular flexibility index (Phi) is 9.64. The van der Waals surface area contributed by atoms with Gasteiger partial charge in [0.15, 0.2) is 0 Å². The van der Waals surface area contributed by atoms with Gasteiger partial charge in [-0.2, -0.15) is 13.2 Å². The number of carbonyl (C=O) groups excluding carboxylic acids is 3. The van der Waals surface area contributed by atoms with E-state index in [9.17, 15) is 27.6 Å². The molecule has 3 aromatic rings. The van der Waals surface area contributed by atoms with Crippen molar-refractivity contribution in [3.05, 3.63) is 64.8 Å². The third-order valence-corrected chi connectivity index (χ3v) is 8.88. The van der Waals surface area contributed by atoms with Gasteiger partial charge in [-0.05, 0) is 68.2 Å². The maximum absolute atomic E-state index is 14.6. The van der Waals surface area contributed by atoms with Crippen LogP contribution in [0.1, 0.15) is 30.4 Å². The summed E-state index contributed by atoms with van der Waals surface area (Å²) in [4.78, 5) is 49.4. The van der Waals surface area contributed by atoms with Crippen molar-refractivity contribution >= 4 is 46.0 Å². The van der Waals surface area contributed by atoms with Crippen LogP contribution >= 0.6 is 11.6 Å². The number of nitrogens with one attached hydrogen (secondary N) is 2. The topological polar surface area (TPSA) is 92.0 Å². The molecule has 4 amide bonds.